The van der Waals surface area contributed by atoms with E-state index in [0.29, 0.717) is 12.8 Å². The van der Waals surface area contributed by atoms with Crippen molar-refractivity contribution in [3.63, 3.8) is 0 Å². The first-order valence-corrected chi connectivity index (χ1v) is 9.78. The molecule has 21 heavy (non-hydrogen) atoms. The number of nitrogens with zero attached hydrogens (tertiary/aromatic N) is 2. The molecule has 1 aliphatic rings. The summed E-state index contributed by atoms with van der Waals surface area (Å²) in [6.45, 7) is 0.563. The molecule has 8 heteroatoms. The third-order valence-corrected chi connectivity index (χ3v) is 6.51. The summed E-state index contributed by atoms with van der Waals surface area (Å²) in [5.41, 5.74) is 0. The van der Waals surface area contributed by atoms with Crippen LogP contribution in [0.2, 0.25) is 0 Å². The van der Waals surface area contributed by atoms with Crippen LogP contribution in [-0.4, -0.2) is 40.5 Å². The minimum atomic E-state index is -3.72. The Morgan fingerprint density at radius 1 is 1.14 bits per heavy atom. The Morgan fingerprint density at radius 3 is 2.24 bits per heavy atom. The number of piperidine rings is 1. The fraction of sp³-hybridized carbons (Fsp3) is 0.462. The lowest BCUT2D eigenvalue weighted by Crippen LogP contribution is -2.38. The number of benzene rings is 1. The van der Waals surface area contributed by atoms with Gasteiger partial charge in [-0.05, 0) is 31.0 Å². The molecule has 6 nitrogen and oxygen atoms in total. The summed E-state index contributed by atoms with van der Waals surface area (Å²) in [7, 11) is -7.17. The molecule has 1 saturated heterocycles. The van der Waals surface area contributed by atoms with E-state index in [1.54, 1.807) is 0 Å². The predicted molar refractivity (Wildman–Crippen MR) is 76.6 cm³/mol. The van der Waals surface area contributed by atoms with Gasteiger partial charge in [-0.1, -0.05) is 6.07 Å². The Hall–Kier alpha value is -1.43. The van der Waals surface area contributed by atoms with Gasteiger partial charge in [0.2, 0.25) is 10.0 Å². The zero-order valence-electron chi connectivity index (χ0n) is 11.6. The van der Waals surface area contributed by atoms with E-state index in [4.69, 9.17) is 5.26 Å². The van der Waals surface area contributed by atoms with Crippen molar-refractivity contribution in [2.75, 3.05) is 19.3 Å². The molecule has 0 aromatic heterocycles. The van der Waals surface area contributed by atoms with Crippen LogP contribution in [0.3, 0.4) is 0 Å². The van der Waals surface area contributed by atoms with E-state index in [0.717, 1.165) is 6.26 Å². The first-order valence-electron chi connectivity index (χ1n) is 6.45. The second-order valence-corrected chi connectivity index (χ2v) is 9.01. The average molecular weight is 328 g/mol. The van der Waals surface area contributed by atoms with Crippen molar-refractivity contribution in [2.45, 2.75) is 22.6 Å². The van der Waals surface area contributed by atoms with Gasteiger partial charge in [-0.15, -0.1) is 0 Å². The lowest BCUT2D eigenvalue weighted by Gasteiger charge is -2.28. The van der Waals surface area contributed by atoms with E-state index in [1.807, 2.05) is 0 Å². The van der Waals surface area contributed by atoms with Crippen LogP contribution >= 0.6 is 0 Å². The van der Waals surface area contributed by atoms with E-state index in [-0.39, 0.29) is 28.8 Å². The first-order chi connectivity index (χ1) is 9.75. The van der Waals surface area contributed by atoms with E-state index >= 15 is 0 Å². The predicted octanol–water partition coefficient (Wildman–Crippen LogP) is 1.01. The second-order valence-electron chi connectivity index (χ2n) is 5.05. The number of rotatable bonds is 3. The first kappa shape index (κ1) is 15.9. The fourth-order valence-electron chi connectivity index (χ4n) is 2.24. The number of nitriles is 1. The molecular weight excluding hydrogens is 312 g/mol. The van der Waals surface area contributed by atoms with Gasteiger partial charge in [-0.2, -0.15) is 9.57 Å². The van der Waals surface area contributed by atoms with Gasteiger partial charge >= 0.3 is 0 Å². The smallest absolute Gasteiger partial charge is 0.224 e. The Kier molecular flexibility index (Phi) is 4.37. The number of hydrogen-bond donors (Lipinski definition) is 0. The normalized spacial score (nSPS) is 18.3. The Morgan fingerprint density at radius 2 is 1.71 bits per heavy atom. The summed E-state index contributed by atoms with van der Waals surface area (Å²) >= 11 is 0. The van der Waals surface area contributed by atoms with Gasteiger partial charge in [0.1, 0.15) is 0 Å². The molecule has 1 aliphatic heterocycles. The number of sulfone groups is 1. The standard InChI is InChI=1S/C13H16N2O4S2/c1-20(16,17)12-3-2-4-13(9-12)21(18,19)15-7-5-11(10-14)6-8-15/h2-4,9,11H,5-8H2,1H3. The molecule has 1 fully saturated rings. The van der Waals surface area contributed by atoms with E-state index in [9.17, 15) is 16.8 Å². The van der Waals surface area contributed by atoms with Crippen LogP contribution in [-0.2, 0) is 19.9 Å². The van der Waals surface area contributed by atoms with Crippen LogP contribution in [0.25, 0.3) is 0 Å². The van der Waals surface area contributed by atoms with Gasteiger partial charge in [0.05, 0.1) is 15.9 Å². The highest BCUT2D eigenvalue weighted by atomic mass is 32.2. The van der Waals surface area contributed by atoms with Gasteiger partial charge < -0.3 is 0 Å². The molecule has 0 bridgehead atoms. The van der Waals surface area contributed by atoms with Gasteiger partial charge in [-0.3, -0.25) is 0 Å². The molecular formula is C13H16N2O4S2. The Balaban J connectivity index is 2.31. The third-order valence-electron chi connectivity index (χ3n) is 3.51. The fourth-order valence-corrected chi connectivity index (χ4v) is 4.50. The summed E-state index contributed by atoms with van der Waals surface area (Å²) in [5.74, 6) is -0.112. The van der Waals surface area contributed by atoms with E-state index in [2.05, 4.69) is 6.07 Å². The van der Waals surface area contributed by atoms with Crippen LogP contribution in [0.15, 0.2) is 34.1 Å². The molecule has 1 heterocycles. The van der Waals surface area contributed by atoms with Gasteiger partial charge in [0.25, 0.3) is 0 Å². The summed E-state index contributed by atoms with van der Waals surface area (Å²) in [5, 5.41) is 8.84. The van der Waals surface area contributed by atoms with Crippen molar-refractivity contribution >= 4 is 19.9 Å². The Labute approximate surface area is 125 Å². The maximum absolute atomic E-state index is 12.5. The lowest BCUT2D eigenvalue weighted by atomic mass is 10.0. The van der Waals surface area contributed by atoms with Crippen molar-refractivity contribution in [1.82, 2.24) is 4.31 Å². The number of sulfonamides is 1. The van der Waals surface area contributed by atoms with Gasteiger partial charge in [0.15, 0.2) is 9.84 Å². The van der Waals surface area contributed by atoms with Crippen LogP contribution in [0.5, 0.6) is 0 Å². The largest absolute Gasteiger partial charge is 0.243 e. The molecule has 0 radical (unpaired) electrons. The monoisotopic (exact) mass is 328 g/mol. The highest BCUT2D eigenvalue weighted by Crippen LogP contribution is 2.24. The molecule has 0 N–H and O–H groups in total. The highest BCUT2D eigenvalue weighted by molar-refractivity contribution is 7.91. The Bertz CT molecular complexity index is 771. The highest BCUT2D eigenvalue weighted by Gasteiger charge is 2.29. The molecule has 114 valence electrons. The van der Waals surface area contributed by atoms with Crippen molar-refractivity contribution in [3.8, 4) is 6.07 Å². The van der Waals surface area contributed by atoms with Crippen LogP contribution < -0.4 is 0 Å². The van der Waals surface area contributed by atoms with Crippen LogP contribution in [0.1, 0.15) is 12.8 Å². The molecule has 0 spiro atoms. The zero-order valence-corrected chi connectivity index (χ0v) is 13.2. The van der Waals surface area contributed by atoms with Crippen molar-refractivity contribution in [2.24, 2.45) is 5.92 Å². The molecule has 0 atom stereocenters. The summed E-state index contributed by atoms with van der Waals surface area (Å²) in [6.07, 6.45) is 2.04. The SMILES string of the molecule is CS(=O)(=O)c1cccc(S(=O)(=O)N2CCC(C#N)CC2)c1. The molecule has 0 amide bonds. The maximum atomic E-state index is 12.5. The summed E-state index contributed by atoms with van der Waals surface area (Å²) in [4.78, 5) is -0.0451. The quantitative estimate of drug-likeness (QED) is 0.825. The minimum Gasteiger partial charge on any atom is -0.224 e. The van der Waals surface area contributed by atoms with E-state index < -0.39 is 19.9 Å². The molecule has 1 aromatic carbocycles. The summed E-state index contributed by atoms with van der Waals surface area (Å²) < 4.78 is 49.4. The van der Waals surface area contributed by atoms with Gasteiger partial charge in [-0.25, -0.2) is 16.8 Å². The topological polar surface area (TPSA) is 95.3 Å². The van der Waals surface area contributed by atoms with Crippen LogP contribution in [0, 0.1) is 17.2 Å². The lowest BCUT2D eigenvalue weighted by molar-refractivity contribution is 0.310. The molecule has 2 rings (SSSR count). The van der Waals surface area contributed by atoms with Crippen molar-refractivity contribution < 1.29 is 16.8 Å². The average Bonchev–Trinajstić information content (AvgIpc) is 2.46. The molecule has 1 aromatic rings. The summed E-state index contributed by atoms with van der Waals surface area (Å²) in [6, 6.07) is 7.51. The van der Waals surface area contributed by atoms with Gasteiger partial charge in [0, 0.05) is 25.3 Å². The van der Waals surface area contributed by atoms with Crippen molar-refractivity contribution in [1.29, 1.82) is 5.26 Å². The maximum Gasteiger partial charge on any atom is 0.243 e. The number of hydrogen-bond acceptors (Lipinski definition) is 5. The second kappa shape index (κ2) is 5.75. The van der Waals surface area contributed by atoms with E-state index in [1.165, 1.54) is 28.6 Å². The van der Waals surface area contributed by atoms with Crippen molar-refractivity contribution in [3.05, 3.63) is 24.3 Å². The van der Waals surface area contributed by atoms with Crippen LogP contribution in [0.4, 0.5) is 0 Å². The molecule has 0 unspecified atom stereocenters. The zero-order chi connectivity index (χ0) is 15.7. The third kappa shape index (κ3) is 3.43. The molecule has 0 saturated carbocycles. The minimum absolute atomic E-state index is 0.0181. The molecule has 0 aliphatic carbocycles.